The number of carbonyl (C=O) groups is 1. The Hall–Kier alpha value is -1.73. The third-order valence-corrected chi connectivity index (χ3v) is 4.37. The van der Waals surface area contributed by atoms with Crippen LogP contribution >= 0.6 is 0 Å². The van der Waals surface area contributed by atoms with Gasteiger partial charge >= 0.3 is 0 Å². The molecule has 1 N–H and O–H groups in total. The number of carbonyl (C=O) groups excluding carboxylic acids is 1. The standard InChI is InChI=1S/C15H24N6O/c22-15(21-8-5-16-6-9-21)3-7-19-10-12-20(13-11-19)14-2-1-4-17-18-14/h1-2,4,16H,3,5-13H2. The molecule has 2 aliphatic heterocycles. The fourth-order valence-corrected chi connectivity index (χ4v) is 2.99. The largest absolute Gasteiger partial charge is 0.353 e. The third-order valence-electron chi connectivity index (χ3n) is 4.37. The Balaban J connectivity index is 1.39. The summed E-state index contributed by atoms with van der Waals surface area (Å²) in [4.78, 5) is 18.8. The van der Waals surface area contributed by atoms with Crippen LogP contribution in [0.15, 0.2) is 18.3 Å². The molecule has 0 radical (unpaired) electrons. The van der Waals surface area contributed by atoms with Gasteiger partial charge in [0.2, 0.25) is 5.91 Å². The minimum Gasteiger partial charge on any atom is -0.353 e. The molecular weight excluding hydrogens is 280 g/mol. The van der Waals surface area contributed by atoms with Crippen molar-refractivity contribution in [2.75, 3.05) is 63.8 Å². The maximum Gasteiger partial charge on any atom is 0.223 e. The Kier molecular flexibility index (Phi) is 5.18. The first kappa shape index (κ1) is 15.2. The van der Waals surface area contributed by atoms with Crippen molar-refractivity contribution >= 4 is 11.7 Å². The van der Waals surface area contributed by atoms with Gasteiger partial charge in [0, 0.05) is 71.5 Å². The molecule has 2 fully saturated rings. The number of piperazine rings is 2. The second-order valence-corrected chi connectivity index (χ2v) is 5.79. The van der Waals surface area contributed by atoms with Crippen LogP contribution in [-0.2, 0) is 4.79 Å². The van der Waals surface area contributed by atoms with E-state index in [1.807, 2.05) is 17.0 Å². The highest BCUT2D eigenvalue weighted by Gasteiger charge is 2.20. The summed E-state index contributed by atoms with van der Waals surface area (Å²) in [6, 6.07) is 3.91. The summed E-state index contributed by atoms with van der Waals surface area (Å²) in [5.74, 6) is 1.23. The average Bonchev–Trinajstić information content (AvgIpc) is 2.61. The summed E-state index contributed by atoms with van der Waals surface area (Å²) in [6.07, 6.45) is 2.33. The van der Waals surface area contributed by atoms with Gasteiger partial charge < -0.3 is 15.1 Å². The molecule has 7 heteroatoms. The minimum absolute atomic E-state index is 0.290. The van der Waals surface area contributed by atoms with Crippen LogP contribution in [0, 0.1) is 0 Å². The second-order valence-electron chi connectivity index (χ2n) is 5.79. The number of nitrogens with zero attached hydrogens (tertiary/aromatic N) is 5. The van der Waals surface area contributed by atoms with Gasteiger partial charge in [0.05, 0.1) is 0 Å². The average molecular weight is 304 g/mol. The molecule has 7 nitrogen and oxygen atoms in total. The van der Waals surface area contributed by atoms with E-state index in [0.29, 0.717) is 6.42 Å². The first-order valence-corrected chi connectivity index (χ1v) is 8.06. The van der Waals surface area contributed by atoms with Gasteiger partial charge in [0.15, 0.2) is 5.82 Å². The van der Waals surface area contributed by atoms with Gasteiger partial charge in [0.1, 0.15) is 0 Å². The molecule has 0 aromatic carbocycles. The molecule has 0 bridgehead atoms. The van der Waals surface area contributed by atoms with Crippen LogP contribution in [0.1, 0.15) is 6.42 Å². The van der Waals surface area contributed by atoms with Gasteiger partial charge in [-0.05, 0) is 12.1 Å². The number of amides is 1. The molecule has 1 aromatic rings. The summed E-state index contributed by atoms with van der Waals surface area (Å²) >= 11 is 0. The first-order valence-electron chi connectivity index (χ1n) is 8.06. The van der Waals surface area contributed by atoms with Crippen LogP contribution in [0.2, 0.25) is 0 Å². The minimum atomic E-state index is 0.290. The van der Waals surface area contributed by atoms with Crippen molar-refractivity contribution in [3.8, 4) is 0 Å². The van der Waals surface area contributed by atoms with Crippen LogP contribution in [0.4, 0.5) is 5.82 Å². The number of hydrogen-bond donors (Lipinski definition) is 1. The predicted octanol–water partition coefficient (Wildman–Crippen LogP) is -0.579. The highest BCUT2D eigenvalue weighted by atomic mass is 16.2. The van der Waals surface area contributed by atoms with Crippen molar-refractivity contribution < 1.29 is 4.79 Å². The summed E-state index contributed by atoms with van der Waals surface area (Å²) in [5.41, 5.74) is 0. The van der Waals surface area contributed by atoms with E-state index in [-0.39, 0.29) is 5.91 Å². The van der Waals surface area contributed by atoms with Crippen LogP contribution in [0.25, 0.3) is 0 Å². The van der Waals surface area contributed by atoms with Crippen molar-refractivity contribution in [1.29, 1.82) is 0 Å². The number of hydrogen-bond acceptors (Lipinski definition) is 6. The fourth-order valence-electron chi connectivity index (χ4n) is 2.99. The molecule has 0 aliphatic carbocycles. The van der Waals surface area contributed by atoms with Gasteiger partial charge in [-0.3, -0.25) is 9.69 Å². The number of nitrogens with one attached hydrogen (secondary N) is 1. The Morgan fingerprint density at radius 2 is 1.91 bits per heavy atom. The Morgan fingerprint density at radius 3 is 2.59 bits per heavy atom. The zero-order chi connectivity index (χ0) is 15.2. The molecule has 3 heterocycles. The highest BCUT2D eigenvalue weighted by Crippen LogP contribution is 2.12. The molecular formula is C15H24N6O. The number of anilines is 1. The summed E-state index contributed by atoms with van der Waals surface area (Å²) in [5, 5.41) is 11.4. The maximum absolute atomic E-state index is 12.2. The van der Waals surface area contributed by atoms with Gasteiger partial charge in [-0.1, -0.05) is 0 Å². The zero-order valence-electron chi connectivity index (χ0n) is 12.9. The van der Waals surface area contributed by atoms with E-state index < -0.39 is 0 Å². The van der Waals surface area contributed by atoms with Gasteiger partial charge in [-0.2, -0.15) is 5.10 Å². The molecule has 3 rings (SSSR count). The Morgan fingerprint density at radius 1 is 1.14 bits per heavy atom. The van der Waals surface area contributed by atoms with E-state index in [2.05, 4.69) is 25.3 Å². The van der Waals surface area contributed by atoms with E-state index in [4.69, 9.17) is 0 Å². The van der Waals surface area contributed by atoms with Gasteiger partial charge in [-0.25, -0.2) is 0 Å². The molecule has 2 aliphatic rings. The lowest BCUT2D eigenvalue weighted by Gasteiger charge is -2.35. The fraction of sp³-hybridized carbons (Fsp3) is 0.667. The highest BCUT2D eigenvalue weighted by molar-refractivity contribution is 5.76. The first-order chi connectivity index (χ1) is 10.8. The van der Waals surface area contributed by atoms with Crippen molar-refractivity contribution in [2.24, 2.45) is 0 Å². The summed E-state index contributed by atoms with van der Waals surface area (Å²) in [7, 11) is 0. The maximum atomic E-state index is 12.2. The summed E-state index contributed by atoms with van der Waals surface area (Å²) < 4.78 is 0. The SMILES string of the molecule is O=C(CCN1CCN(c2cccnn2)CC1)N1CCNCC1. The molecule has 120 valence electrons. The number of rotatable bonds is 4. The molecule has 1 aromatic heterocycles. The monoisotopic (exact) mass is 304 g/mol. The molecule has 0 saturated carbocycles. The van der Waals surface area contributed by atoms with Gasteiger partial charge in [-0.15, -0.1) is 5.10 Å². The Bertz CT molecular complexity index is 468. The lowest BCUT2D eigenvalue weighted by Crippen LogP contribution is -2.49. The zero-order valence-corrected chi connectivity index (χ0v) is 12.9. The third kappa shape index (κ3) is 3.92. The van der Waals surface area contributed by atoms with E-state index in [1.165, 1.54) is 0 Å². The Labute approximate surface area is 131 Å². The van der Waals surface area contributed by atoms with Crippen molar-refractivity contribution in [3.05, 3.63) is 18.3 Å². The van der Waals surface area contributed by atoms with Crippen LogP contribution in [0.3, 0.4) is 0 Å². The second kappa shape index (κ2) is 7.51. The van der Waals surface area contributed by atoms with E-state index >= 15 is 0 Å². The lowest BCUT2D eigenvalue weighted by atomic mass is 10.2. The smallest absolute Gasteiger partial charge is 0.223 e. The quantitative estimate of drug-likeness (QED) is 0.803. The topological polar surface area (TPSA) is 64.6 Å². The summed E-state index contributed by atoms with van der Waals surface area (Å²) in [6.45, 7) is 8.23. The lowest BCUT2D eigenvalue weighted by molar-refractivity contribution is -0.132. The van der Waals surface area contributed by atoms with E-state index in [0.717, 1.165) is 64.7 Å². The predicted molar refractivity (Wildman–Crippen MR) is 84.8 cm³/mol. The van der Waals surface area contributed by atoms with Crippen molar-refractivity contribution in [3.63, 3.8) is 0 Å². The van der Waals surface area contributed by atoms with Gasteiger partial charge in [0.25, 0.3) is 0 Å². The van der Waals surface area contributed by atoms with Crippen molar-refractivity contribution in [1.82, 2.24) is 25.3 Å². The van der Waals surface area contributed by atoms with Crippen LogP contribution in [-0.4, -0.2) is 84.8 Å². The molecule has 2 saturated heterocycles. The molecule has 1 amide bonds. The number of aromatic nitrogens is 2. The molecule has 22 heavy (non-hydrogen) atoms. The van der Waals surface area contributed by atoms with E-state index in [9.17, 15) is 4.79 Å². The van der Waals surface area contributed by atoms with Crippen LogP contribution in [0.5, 0.6) is 0 Å². The van der Waals surface area contributed by atoms with Crippen LogP contribution < -0.4 is 10.2 Å². The molecule has 0 unspecified atom stereocenters. The van der Waals surface area contributed by atoms with Crippen molar-refractivity contribution in [2.45, 2.75) is 6.42 Å². The normalized spacial score (nSPS) is 20.2. The molecule has 0 atom stereocenters. The van der Waals surface area contributed by atoms with E-state index in [1.54, 1.807) is 6.20 Å². The molecule has 0 spiro atoms.